The van der Waals surface area contributed by atoms with Crippen LogP contribution in [-0.4, -0.2) is 75.9 Å². The van der Waals surface area contributed by atoms with Gasteiger partial charge in [-0.05, 0) is 59.9 Å². The van der Waals surface area contributed by atoms with Crippen LogP contribution in [0, 0.1) is 17.2 Å². The quantitative estimate of drug-likeness (QED) is 0.279. The third-order valence-corrected chi connectivity index (χ3v) is 7.87. The van der Waals surface area contributed by atoms with Crippen LogP contribution in [0.4, 0.5) is 5.69 Å². The maximum absolute atomic E-state index is 12.8. The van der Waals surface area contributed by atoms with E-state index in [1.165, 1.54) is 36.7 Å². The molecule has 11 heteroatoms. The van der Waals surface area contributed by atoms with E-state index in [1.807, 2.05) is 24.3 Å². The fourth-order valence-corrected chi connectivity index (χ4v) is 5.45. The summed E-state index contributed by atoms with van der Waals surface area (Å²) in [4.78, 5) is 15.2. The van der Waals surface area contributed by atoms with Crippen molar-refractivity contribution in [1.82, 2.24) is 20.3 Å². The zero-order chi connectivity index (χ0) is 28.9. The Balaban J connectivity index is 1.19. The molecule has 3 N–H and O–H groups in total. The number of methoxy groups -OCH3 is 1. The lowest BCUT2D eigenvalue weighted by Gasteiger charge is -2.40. The standard InChI is InChI=1S/C30H36N6O5/c1-19-27(37)28(38)26(41-30(19)40-2)18-36-17-24(33-34-36)16-32-29(39)23(15-31)13-20-6-7-22-14-25(9-8-21(22)12-20)35-10-4-3-5-11-35/h6-9,12-14,17,19,26-28,30,37-38H,3-5,10-11,16,18H2,1-2H3,(H,32,39)/b23-13+/t19-,26-,27-,28-,30?/m1/s1. The molecule has 2 aromatic carbocycles. The summed E-state index contributed by atoms with van der Waals surface area (Å²) in [7, 11) is 1.48. The zero-order valence-electron chi connectivity index (χ0n) is 23.3. The molecular weight excluding hydrogens is 524 g/mol. The molecule has 3 aromatic rings. The van der Waals surface area contributed by atoms with Crippen LogP contribution in [0.1, 0.15) is 37.4 Å². The number of carbonyl (C=O) groups excluding carboxylic acids is 1. The van der Waals surface area contributed by atoms with Crippen molar-refractivity contribution in [1.29, 1.82) is 5.26 Å². The summed E-state index contributed by atoms with van der Waals surface area (Å²) < 4.78 is 12.5. The van der Waals surface area contributed by atoms with Crippen molar-refractivity contribution in [2.24, 2.45) is 5.92 Å². The van der Waals surface area contributed by atoms with E-state index in [0.29, 0.717) is 5.69 Å². The fourth-order valence-electron chi connectivity index (χ4n) is 5.45. The minimum atomic E-state index is -1.11. The number of amides is 1. The number of anilines is 1. The van der Waals surface area contributed by atoms with Gasteiger partial charge in [-0.3, -0.25) is 4.79 Å². The van der Waals surface area contributed by atoms with Crippen LogP contribution >= 0.6 is 0 Å². The molecule has 2 fully saturated rings. The first-order valence-electron chi connectivity index (χ1n) is 14.0. The number of aliphatic hydroxyl groups excluding tert-OH is 2. The summed E-state index contributed by atoms with van der Waals surface area (Å²) in [5.74, 6) is -0.907. The second kappa shape index (κ2) is 12.8. The number of ether oxygens (including phenoxy) is 2. The van der Waals surface area contributed by atoms with Crippen molar-refractivity contribution in [2.45, 2.75) is 63.9 Å². The highest BCUT2D eigenvalue weighted by atomic mass is 16.7. The number of hydrogen-bond acceptors (Lipinski definition) is 9. The lowest BCUT2D eigenvalue weighted by molar-refractivity contribution is -0.272. The van der Waals surface area contributed by atoms with Crippen LogP contribution in [0.15, 0.2) is 48.2 Å². The van der Waals surface area contributed by atoms with Gasteiger partial charge in [0.05, 0.1) is 25.4 Å². The number of piperidine rings is 1. The number of aromatic nitrogens is 3. The smallest absolute Gasteiger partial charge is 0.262 e. The number of rotatable bonds is 8. The van der Waals surface area contributed by atoms with Crippen molar-refractivity contribution in [3.63, 3.8) is 0 Å². The second-order valence-electron chi connectivity index (χ2n) is 10.7. The van der Waals surface area contributed by atoms with Crippen LogP contribution in [0.5, 0.6) is 0 Å². The van der Waals surface area contributed by atoms with Crippen molar-refractivity contribution < 1.29 is 24.5 Å². The number of benzene rings is 2. The van der Waals surface area contributed by atoms with Crippen LogP contribution in [0.25, 0.3) is 16.8 Å². The highest BCUT2D eigenvalue weighted by Crippen LogP contribution is 2.28. The molecule has 0 spiro atoms. The van der Waals surface area contributed by atoms with Gasteiger partial charge in [-0.25, -0.2) is 4.68 Å². The van der Waals surface area contributed by atoms with E-state index in [4.69, 9.17) is 9.47 Å². The van der Waals surface area contributed by atoms with Gasteiger partial charge in [0.25, 0.3) is 5.91 Å². The summed E-state index contributed by atoms with van der Waals surface area (Å²) in [6, 6.07) is 14.3. The van der Waals surface area contributed by atoms with E-state index >= 15 is 0 Å². The fraction of sp³-hybridized carbons (Fsp3) is 0.467. The van der Waals surface area contributed by atoms with E-state index in [9.17, 15) is 20.3 Å². The highest BCUT2D eigenvalue weighted by molar-refractivity contribution is 6.02. The number of nitrogens with one attached hydrogen (secondary N) is 1. The average Bonchev–Trinajstić information content (AvgIpc) is 3.46. The van der Waals surface area contributed by atoms with Crippen molar-refractivity contribution >= 4 is 28.4 Å². The molecule has 3 heterocycles. The third-order valence-electron chi connectivity index (χ3n) is 7.87. The van der Waals surface area contributed by atoms with Gasteiger partial charge in [-0.1, -0.05) is 30.3 Å². The van der Waals surface area contributed by atoms with Gasteiger partial charge < -0.3 is 29.9 Å². The maximum atomic E-state index is 12.8. The first kappa shape index (κ1) is 28.7. The van der Waals surface area contributed by atoms with Gasteiger partial charge in [0.15, 0.2) is 6.29 Å². The lowest BCUT2D eigenvalue weighted by Crippen LogP contribution is -2.55. The van der Waals surface area contributed by atoms with Gasteiger partial charge in [-0.2, -0.15) is 5.26 Å². The Morgan fingerprint density at radius 3 is 2.68 bits per heavy atom. The van der Waals surface area contributed by atoms with Crippen LogP contribution in [0.2, 0.25) is 0 Å². The molecule has 41 heavy (non-hydrogen) atoms. The van der Waals surface area contributed by atoms with Gasteiger partial charge in [-0.15, -0.1) is 5.10 Å². The number of aliphatic hydroxyl groups is 2. The minimum absolute atomic E-state index is 0.0193. The molecule has 0 bridgehead atoms. The molecule has 1 aromatic heterocycles. The number of nitrogens with zero attached hydrogens (tertiary/aromatic N) is 5. The molecule has 5 rings (SSSR count). The molecule has 0 aliphatic carbocycles. The summed E-state index contributed by atoms with van der Waals surface area (Å²) in [5, 5.41) is 43.3. The first-order chi connectivity index (χ1) is 19.9. The molecule has 2 aliphatic rings. The number of hydrogen-bond donors (Lipinski definition) is 3. The Kier molecular flexibility index (Phi) is 8.95. The Hall–Kier alpha value is -3.82. The van der Waals surface area contributed by atoms with Gasteiger partial charge in [0, 0.05) is 31.8 Å². The van der Waals surface area contributed by atoms with Gasteiger partial charge in [0.1, 0.15) is 29.5 Å². The molecular formula is C30H36N6O5. The summed E-state index contributed by atoms with van der Waals surface area (Å²) in [5.41, 5.74) is 2.43. The predicted octanol–water partition coefficient (Wildman–Crippen LogP) is 2.37. The van der Waals surface area contributed by atoms with Crippen LogP contribution in [-0.2, 0) is 27.4 Å². The Morgan fingerprint density at radius 1 is 1.17 bits per heavy atom. The van der Waals surface area contributed by atoms with E-state index in [1.54, 1.807) is 19.2 Å². The Labute approximate surface area is 239 Å². The maximum Gasteiger partial charge on any atom is 0.262 e. The average molecular weight is 561 g/mol. The Bertz CT molecular complexity index is 1440. The molecule has 1 amide bonds. The van der Waals surface area contributed by atoms with Gasteiger partial charge in [0.2, 0.25) is 0 Å². The first-order valence-corrected chi connectivity index (χ1v) is 14.0. The van der Waals surface area contributed by atoms with E-state index in [2.05, 4.69) is 38.7 Å². The monoisotopic (exact) mass is 560 g/mol. The van der Waals surface area contributed by atoms with Crippen molar-refractivity contribution in [2.75, 3.05) is 25.1 Å². The largest absolute Gasteiger partial charge is 0.390 e. The molecule has 0 radical (unpaired) electrons. The number of nitriles is 1. The van der Waals surface area contributed by atoms with E-state index < -0.39 is 30.5 Å². The second-order valence-corrected chi connectivity index (χ2v) is 10.7. The third kappa shape index (κ3) is 6.57. The summed E-state index contributed by atoms with van der Waals surface area (Å²) in [6.45, 7) is 4.10. The highest BCUT2D eigenvalue weighted by Gasteiger charge is 2.42. The minimum Gasteiger partial charge on any atom is -0.390 e. The molecule has 2 saturated heterocycles. The molecule has 11 nitrogen and oxygen atoms in total. The molecule has 216 valence electrons. The summed E-state index contributed by atoms with van der Waals surface area (Å²) >= 11 is 0. The SMILES string of the molecule is COC1O[C@H](Cn2cc(CNC(=O)/C(C#N)=C/c3ccc4cc(N5CCCCC5)ccc4c3)nn2)[C@@H](O)[C@H](O)[C@H]1C. The Morgan fingerprint density at radius 2 is 1.93 bits per heavy atom. The molecule has 5 atom stereocenters. The van der Waals surface area contributed by atoms with E-state index in [0.717, 1.165) is 29.4 Å². The molecule has 0 saturated carbocycles. The van der Waals surface area contributed by atoms with Crippen LogP contribution in [0.3, 0.4) is 0 Å². The van der Waals surface area contributed by atoms with Crippen molar-refractivity contribution in [3.8, 4) is 6.07 Å². The normalized spacial score (nSPS) is 25.2. The van der Waals surface area contributed by atoms with Crippen LogP contribution < -0.4 is 10.2 Å². The van der Waals surface area contributed by atoms with Gasteiger partial charge >= 0.3 is 0 Å². The lowest BCUT2D eigenvalue weighted by atomic mass is 9.92. The predicted molar refractivity (Wildman–Crippen MR) is 152 cm³/mol. The summed E-state index contributed by atoms with van der Waals surface area (Å²) in [6.07, 6.45) is 3.39. The number of fused-ring (bicyclic) bond motifs is 1. The topological polar surface area (TPSA) is 146 Å². The molecule has 2 aliphatic heterocycles. The molecule has 1 unspecified atom stereocenters. The number of carbonyl (C=O) groups is 1. The van der Waals surface area contributed by atoms with Crippen molar-refractivity contribution in [3.05, 3.63) is 59.4 Å². The zero-order valence-corrected chi connectivity index (χ0v) is 23.3. The van der Waals surface area contributed by atoms with E-state index in [-0.39, 0.29) is 24.6 Å².